The monoisotopic (exact) mass is 268 g/mol. The van der Waals surface area contributed by atoms with Gasteiger partial charge in [-0.15, -0.1) is 11.6 Å². The molecule has 1 fully saturated rings. The molecule has 0 aliphatic carbocycles. The number of hydrogen-bond acceptors (Lipinski definition) is 3. The Kier molecular flexibility index (Phi) is 4.70. The molecule has 1 heterocycles. The number of anilines is 2. The van der Waals surface area contributed by atoms with Crippen molar-refractivity contribution in [3.8, 4) is 0 Å². The van der Waals surface area contributed by atoms with E-state index in [1.54, 1.807) is 0 Å². The van der Waals surface area contributed by atoms with Crippen LogP contribution in [-0.2, 0) is 4.74 Å². The van der Waals surface area contributed by atoms with Gasteiger partial charge in [0.1, 0.15) is 6.61 Å². The molecule has 1 aromatic rings. The quantitative estimate of drug-likeness (QED) is 0.854. The zero-order chi connectivity index (χ0) is 12.8. The van der Waals surface area contributed by atoms with Gasteiger partial charge in [0.15, 0.2) is 0 Å². The van der Waals surface area contributed by atoms with Crippen molar-refractivity contribution in [1.29, 1.82) is 0 Å². The van der Waals surface area contributed by atoms with Gasteiger partial charge >= 0.3 is 6.09 Å². The molecule has 0 unspecified atom stereocenters. The molecule has 0 spiro atoms. The van der Waals surface area contributed by atoms with Gasteiger partial charge in [0.25, 0.3) is 0 Å². The minimum atomic E-state index is -0.464. The molecule has 98 valence electrons. The lowest BCUT2D eigenvalue weighted by Gasteiger charge is -2.18. The van der Waals surface area contributed by atoms with Crippen LogP contribution in [0.2, 0.25) is 0 Å². The van der Waals surface area contributed by atoms with Gasteiger partial charge in [-0.3, -0.25) is 5.32 Å². The van der Waals surface area contributed by atoms with E-state index in [-0.39, 0.29) is 6.61 Å². The predicted molar refractivity (Wildman–Crippen MR) is 73.6 cm³/mol. The van der Waals surface area contributed by atoms with Crippen LogP contribution in [-0.4, -0.2) is 31.7 Å². The maximum absolute atomic E-state index is 11.4. The highest BCUT2D eigenvalue weighted by Gasteiger charge is 2.12. The Balaban J connectivity index is 1.96. The number of carbonyl (C=O) groups is 1. The normalized spacial score (nSPS) is 14.6. The third kappa shape index (κ3) is 3.53. The van der Waals surface area contributed by atoms with Crippen molar-refractivity contribution in [2.45, 2.75) is 12.8 Å². The van der Waals surface area contributed by atoms with E-state index in [9.17, 15) is 4.79 Å². The lowest BCUT2D eigenvalue weighted by Crippen LogP contribution is -2.18. The van der Waals surface area contributed by atoms with Crippen molar-refractivity contribution in [2.24, 2.45) is 0 Å². The second kappa shape index (κ2) is 6.50. The minimum absolute atomic E-state index is 0.221. The molecular weight excluding hydrogens is 252 g/mol. The number of nitrogens with one attached hydrogen (secondary N) is 1. The summed E-state index contributed by atoms with van der Waals surface area (Å²) in [5, 5.41) is 2.69. The third-order valence-electron chi connectivity index (χ3n) is 2.87. The van der Waals surface area contributed by atoms with Crippen molar-refractivity contribution >= 4 is 29.1 Å². The molecule has 1 aliphatic heterocycles. The summed E-state index contributed by atoms with van der Waals surface area (Å²) < 4.78 is 4.86. The molecule has 1 aliphatic rings. The van der Waals surface area contributed by atoms with Gasteiger partial charge in [-0.1, -0.05) is 6.07 Å². The van der Waals surface area contributed by atoms with Crippen LogP contribution in [0.3, 0.4) is 0 Å². The van der Waals surface area contributed by atoms with Gasteiger partial charge in [-0.25, -0.2) is 4.79 Å². The number of alkyl halides is 1. The molecule has 1 aromatic carbocycles. The van der Waals surface area contributed by atoms with Crippen LogP contribution in [0.15, 0.2) is 24.3 Å². The van der Waals surface area contributed by atoms with Crippen molar-refractivity contribution in [3.05, 3.63) is 24.3 Å². The SMILES string of the molecule is O=C(Nc1cccc(N2CCCC2)c1)OCCCl. The summed E-state index contributed by atoms with van der Waals surface area (Å²) >= 11 is 5.45. The highest BCUT2D eigenvalue weighted by atomic mass is 35.5. The first kappa shape index (κ1) is 13.0. The van der Waals surface area contributed by atoms with E-state index in [0.29, 0.717) is 5.88 Å². The van der Waals surface area contributed by atoms with E-state index in [1.807, 2.05) is 18.2 Å². The van der Waals surface area contributed by atoms with Crippen LogP contribution in [0.25, 0.3) is 0 Å². The van der Waals surface area contributed by atoms with Gasteiger partial charge in [0.05, 0.1) is 5.88 Å². The molecule has 0 atom stereocenters. The van der Waals surface area contributed by atoms with Gasteiger partial charge in [0, 0.05) is 24.5 Å². The molecular formula is C13H17ClN2O2. The summed E-state index contributed by atoms with van der Waals surface area (Å²) in [4.78, 5) is 13.7. The van der Waals surface area contributed by atoms with E-state index in [0.717, 1.165) is 24.5 Å². The molecule has 1 N–H and O–H groups in total. The molecule has 1 saturated heterocycles. The molecule has 1 amide bonds. The average molecular weight is 269 g/mol. The van der Waals surface area contributed by atoms with Crippen LogP contribution >= 0.6 is 11.6 Å². The summed E-state index contributed by atoms with van der Waals surface area (Å²) in [6.45, 7) is 2.39. The topological polar surface area (TPSA) is 41.6 Å². The molecule has 5 heteroatoms. The van der Waals surface area contributed by atoms with Crippen molar-refractivity contribution in [2.75, 3.05) is 35.8 Å². The number of halogens is 1. The summed E-state index contributed by atoms with van der Waals surface area (Å²) in [6, 6.07) is 7.81. The molecule has 0 bridgehead atoms. The van der Waals surface area contributed by atoms with Gasteiger partial charge in [-0.2, -0.15) is 0 Å². The Hall–Kier alpha value is -1.42. The van der Waals surface area contributed by atoms with Crippen LogP contribution in [0.1, 0.15) is 12.8 Å². The van der Waals surface area contributed by atoms with Crippen molar-refractivity contribution in [1.82, 2.24) is 0 Å². The predicted octanol–water partition coefficient (Wildman–Crippen LogP) is 3.07. The molecule has 0 aromatic heterocycles. The highest BCUT2D eigenvalue weighted by Crippen LogP contribution is 2.23. The Morgan fingerprint density at radius 1 is 1.39 bits per heavy atom. The molecule has 4 nitrogen and oxygen atoms in total. The largest absolute Gasteiger partial charge is 0.448 e. The number of amides is 1. The van der Waals surface area contributed by atoms with Crippen LogP contribution in [0.4, 0.5) is 16.2 Å². The first-order valence-electron chi connectivity index (χ1n) is 6.14. The number of benzene rings is 1. The third-order valence-corrected chi connectivity index (χ3v) is 3.03. The van der Waals surface area contributed by atoms with E-state index in [4.69, 9.17) is 16.3 Å². The smallest absolute Gasteiger partial charge is 0.411 e. The molecule has 0 radical (unpaired) electrons. The number of ether oxygens (including phenoxy) is 1. The Morgan fingerprint density at radius 3 is 2.89 bits per heavy atom. The maximum atomic E-state index is 11.4. The minimum Gasteiger partial charge on any atom is -0.448 e. The van der Waals surface area contributed by atoms with E-state index < -0.39 is 6.09 Å². The van der Waals surface area contributed by atoms with Gasteiger partial charge < -0.3 is 9.64 Å². The number of rotatable bonds is 4. The number of nitrogens with zero attached hydrogens (tertiary/aromatic N) is 1. The Morgan fingerprint density at radius 2 is 2.17 bits per heavy atom. The van der Waals surface area contributed by atoms with Gasteiger partial charge in [0.2, 0.25) is 0 Å². The fourth-order valence-electron chi connectivity index (χ4n) is 2.04. The Bertz CT molecular complexity index is 406. The Labute approximate surface area is 112 Å². The lowest BCUT2D eigenvalue weighted by molar-refractivity contribution is 0.168. The fourth-order valence-corrected chi connectivity index (χ4v) is 2.12. The summed E-state index contributed by atoms with van der Waals surface area (Å²) in [6.07, 6.45) is 2.00. The first-order valence-corrected chi connectivity index (χ1v) is 6.68. The lowest BCUT2D eigenvalue weighted by atomic mass is 10.2. The maximum Gasteiger partial charge on any atom is 0.411 e. The van der Waals surface area contributed by atoms with Crippen LogP contribution in [0.5, 0.6) is 0 Å². The fraction of sp³-hybridized carbons (Fsp3) is 0.462. The average Bonchev–Trinajstić information content (AvgIpc) is 2.90. The second-order valence-corrected chi connectivity index (χ2v) is 4.57. The van der Waals surface area contributed by atoms with Crippen LogP contribution < -0.4 is 10.2 Å². The van der Waals surface area contributed by atoms with E-state index >= 15 is 0 Å². The summed E-state index contributed by atoms with van der Waals surface area (Å²) in [7, 11) is 0. The highest BCUT2D eigenvalue weighted by molar-refractivity contribution is 6.18. The zero-order valence-electron chi connectivity index (χ0n) is 10.2. The summed E-state index contributed by atoms with van der Waals surface area (Å²) in [5.74, 6) is 0.307. The van der Waals surface area contributed by atoms with Crippen LogP contribution in [0, 0.1) is 0 Å². The molecule has 0 saturated carbocycles. The number of hydrogen-bond donors (Lipinski definition) is 1. The number of carbonyl (C=O) groups excluding carboxylic acids is 1. The van der Waals surface area contributed by atoms with Gasteiger partial charge in [-0.05, 0) is 31.0 Å². The van der Waals surface area contributed by atoms with Crippen molar-refractivity contribution in [3.63, 3.8) is 0 Å². The zero-order valence-corrected chi connectivity index (χ0v) is 10.9. The molecule has 2 rings (SSSR count). The van der Waals surface area contributed by atoms with E-state index in [2.05, 4.69) is 16.3 Å². The first-order chi connectivity index (χ1) is 8.79. The van der Waals surface area contributed by atoms with E-state index in [1.165, 1.54) is 12.8 Å². The second-order valence-electron chi connectivity index (χ2n) is 4.19. The summed E-state index contributed by atoms with van der Waals surface area (Å²) in [5.41, 5.74) is 1.89. The van der Waals surface area contributed by atoms with Crippen molar-refractivity contribution < 1.29 is 9.53 Å². The standard InChI is InChI=1S/C13H17ClN2O2/c14-6-9-18-13(17)15-11-4-3-5-12(10-11)16-7-1-2-8-16/h3-5,10H,1-2,6-9H2,(H,15,17). The molecule has 18 heavy (non-hydrogen) atoms.